The van der Waals surface area contributed by atoms with Crippen molar-refractivity contribution in [2.45, 2.75) is 53.0 Å². The molecule has 0 aromatic rings. The van der Waals surface area contributed by atoms with E-state index in [0.29, 0.717) is 6.54 Å². The summed E-state index contributed by atoms with van der Waals surface area (Å²) in [6.07, 6.45) is 1.71. The molecule has 0 rings (SSSR count). The second-order valence-electron chi connectivity index (χ2n) is 5.42. The third-order valence-electron chi connectivity index (χ3n) is 2.95. The molecule has 4 heteroatoms. The summed E-state index contributed by atoms with van der Waals surface area (Å²) in [5.74, 6) is 0. The second kappa shape index (κ2) is 6.09. The lowest BCUT2D eigenvalue weighted by Gasteiger charge is -2.30. The molecular formula is C12H26N2O2. The molecule has 0 aliphatic carbocycles. The lowest BCUT2D eigenvalue weighted by molar-refractivity contribution is 0.114. The van der Waals surface area contributed by atoms with Crippen LogP contribution in [-0.2, 0) is 0 Å². The van der Waals surface area contributed by atoms with Gasteiger partial charge in [0.05, 0.1) is 6.61 Å². The van der Waals surface area contributed by atoms with Gasteiger partial charge in [0.2, 0.25) is 0 Å². The first-order valence-electron chi connectivity index (χ1n) is 5.95. The maximum absolute atomic E-state index is 11.5. The number of carbonyl (C=O) groups is 1. The van der Waals surface area contributed by atoms with E-state index in [2.05, 4.69) is 10.6 Å². The van der Waals surface area contributed by atoms with Crippen molar-refractivity contribution in [3.05, 3.63) is 0 Å². The molecule has 3 N–H and O–H groups in total. The van der Waals surface area contributed by atoms with Crippen molar-refractivity contribution in [3.8, 4) is 0 Å². The van der Waals surface area contributed by atoms with Crippen LogP contribution in [0, 0.1) is 5.41 Å². The van der Waals surface area contributed by atoms with Crippen LogP contribution in [0.4, 0.5) is 4.79 Å². The van der Waals surface area contributed by atoms with Crippen LogP contribution in [0.3, 0.4) is 0 Å². The minimum atomic E-state index is -0.232. The van der Waals surface area contributed by atoms with Crippen LogP contribution in [0.25, 0.3) is 0 Å². The predicted octanol–water partition coefficient (Wildman–Crippen LogP) is 1.88. The summed E-state index contributed by atoms with van der Waals surface area (Å²) >= 11 is 0. The topological polar surface area (TPSA) is 61.4 Å². The standard InChI is InChI=1S/C12H26N2O2/c1-6-12(7-2,9-15)8-13-10(16)14-11(3,4)5/h15H,6-9H2,1-5H3,(H2,13,14,16). The monoisotopic (exact) mass is 230 g/mol. The van der Waals surface area contributed by atoms with E-state index in [-0.39, 0.29) is 23.6 Å². The van der Waals surface area contributed by atoms with Crippen LogP contribution in [-0.4, -0.2) is 29.8 Å². The normalized spacial score (nSPS) is 12.4. The fourth-order valence-electron chi connectivity index (χ4n) is 1.43. The number of hydrogen-bond donors (Lipinski definition) is 3. The Bertz CT molecular complexity index is 209. The van der Waals surface area contributed by atoms with Crippen molar-refractivity contribution in [3.63, 3.8) is 0 Å². The number of aliphatic hydroxyl groups excluding tert-OH is 1. The Hall–Kier alpha value is -0.770. The van der Waals surface area contributed by atoms with Gasteiger partial charge in [0.15, 0.2) is 0 Å². The van der Waals surface area contributed by atoms with E-state index in [4.69, 9.17) is 0 Å². The molecule has 0 bridgehead atoms. The fraction of sp³-hybridized carbons (Fsp3) is 0.917. The summed E-state index contributed by atoms with van der Waals surface area (Å²) in [4.78, 5) is 11.5. The quantitative estimate of drug-likeness (QED) is 0.675. The third-order valence-corrected chi connectivity index (χ3v) is 2.95. The summed E-state index contributed by atoms with van der Waals surface area (Å²) in [5, 5.41) is 15.0. The van der Waals surface area contributed by atoms with Gasteiger partial charge in [0.1, 0.15) is 0 Å². The smallest absolute Gasteiger partial charge is 0.315 e. The van der Waals surface area contributed by atoms with E-state index < -0.39 is 0 Å². The predicted molar refractivity (Wildman–Crippen MR) is 66.4 cm³/mol. The van der Waals surface area contributed by atoms with Crippen molar-refractivity contribution >= 4 is 6.03 Å². The van der Waals surface area contributed by atoms with Gasteiger partial charge in [-0.3, -0.25) is 0 Å². The molecule has 4 nitrogen and oxygen atoms in total. The largest absolute Gasteiger partial charge is 0.396 e. The molecule has 0 aliphatic heterocycles. The van der Waals surface area contributed by atoms with E-state index in [0.717, 1.165) is 12.8 Å². The number of amides is 2. The Morgan fingerprint density at radius 3 is 2.00 bits per heavy atom. The van der Waals surface area contributed by atoms with Crippen molar-refractivity contribution < 1.29 is 9.90 Å². The lowest BCUT2D eigenvalue weighted by atomic mass is 9.83. The first-order chi connectivity index (χ1) is 7.28. The molecule has 0 radical (unpaired) electrons. The molecule has 0 saturated carbocycles. The van der Waals surface area contributed by atoms with Crippen LogP contribution in [0.5, 0.6) is 0 Å². The summed E-state index contributed by atoms with van der Waals surface area (Å²) in [6.45, 7) is 10.5. The SMILES string of the molecule is CCC(CC)(CO)CNC(=O)NC(C)(C)C. The van der Waals surface area contributed by atoms with Crippen molar-refractivity contribution in [1.82, 2.24) is 10.6 Å². The highest BCUT2D eigenvalue weighted by molar-refractivity contribution is 5.74. The zero-order valence-electron chi connectivity index (χ0n) is 11.2. The Morgan fingerprint density at radius 2 is 1.69 bits per heavy atom. The first kappa shape index (κ1) is 15.2. The Labute approximate surface area is 98.8 Å². The number of urea groups is 1. The Kier molecular flexibility index (Phi) is 5.79. The van der Waals surface area contributed by atoms with Crippen LogP contribution < -0.4 is 10.6 Å². The van der Waals surface area contributed by atoms with E-state index >= 15 is 0 Å². The number of nitrogens with one attached hydrogen (secondary N) is 2. The summed E-state index contributed by atoms with van der Waals surface area (Å²) in [5.41, 5.74) is -0.417. The van der Waals surface area contributed by atoms with Gasteiger partial charge in [-0.1, -0.05) is 13.8 Å². The maximum atomic E-state index is 11.5. The molecule has 0 fully saturated rings. The molecule has 0 atom stereocenters. The highest BCUT2D eigenvalue weighted by Crippen LogP contribution is 2.24. The average Bonchev–Trinajstić information content (AvgIpc) is 2.18. The Morgan fingerprint density at radius 1 is 1.19 bits per heavy atom. The van der Waals surface area contributed by atoms with Crippen LogP contribution in [0.2, 0.25) is 0 Å². The van der Waals surface area contributed by atoms with Gasteiger partial charge in [-0.05, 0) is 33.6 Å². The van der Waals surface area contributed by atoms with Gasteiger partial charge in [0.25, 0.3) is 0 Å². The highest BCUT2D eigenvalue weighted by Gasteiger charge is 2.26. The minimum Gasteiger partial charge on any atom is -0.396 e. The second-order valence-corrected chi connectivity index (χ2v) is 5.42. The van der Waals surface area contributed by atoms with Gasteiger partial charge in [0, 0.05) is 17.5 Å². The van der Waals surface area contributed by atoms with Crippen LogP contribution in [0.1, 0.15) is 47.5 Å². The average molecular weight is 230 g/mol. The zero-order valence-corrected chi connectivity index (χ0v) is 11.2. The number of carbonyl (C=O) groups excluding carboxylic acids is 1. The highest BCUT2D eigenvalue weighted by atomic mass is 16.3. The number of rotatable bonds is 5. The fourth-order valence-corrected chi connectivity index (χ4v) is 1.43. The molecule has 16 heavy (non-hydrogen) atoms. The molecule has 0 saturated heterocycles. The summed E-state index contributed by atoms with van der Waals surface area (Å²) < 4.78 is 0. The maximum Gasteiger partial charge on any atom is 0.315 e. The number of hydrogen-bond acceptors (Lipinski definition) is 2. The molecule has 0 heterocycles. The van der Waals surface area contributed by atoms with Crippen LogP contribution >= 0.6 is 0 Å². The van der Waals surface area contributed by atoms with Crippen LogP contribution in [0.15, 0.2) is 0 Å². The zero-order chi connectivity index (χ0) is 12.8. The van der Waals surface area contributed by atoms with E-state index in [1.807, 2.05) is 34.6 Å². The van der Waals surface area contributed by atoms with Gasteiger partial charge < -0.3 is 15.7 Å². The summed E-state index contributed by atoms with van der Waals surface area (Å²) in [6, 6.07) is -0.174. The molecular weight excluding hydrogens is 204 g/mol. The van der Waals surface area contributed by atoms with E-state index in [1.165, 1.54) is 0 Å². The third kappa shape index (κ3) is 5.35. The molecule has 0 aliphatic rings. The van der Waals surface area contributed by atoms with Gasteiger partial charge in [-0.15, -0.1) is 0 Å². The molecule has 96 valence electrons. The van der Waals surface area contributed by atoms with Gasteiger partial charge >= 0.3 is 6.03 Å². The van der Waals surface area contributed by atoms with E-state index in [1.54, 1.807) is 0 Å². The van der Waals surface area contributed by atoms with E-state index in [9.17, 15) is 9.90 Å². The molecule has 2 amide bonds. The molecule has 0 unspecified atom stereocenters. The first-order valence-corrected chi connectivity index (χ1v) is 5.95. The minimum absolute atomic E-state index is 0.107. The van der Waals surface area contributed by atoms with Crippen molar-refractivity contribution in [2.75, 3.05) is 13.2 Å². The molecule has 0 aromatic carbocycles. The summed E-state index contributed by atoms with van der Waals surface area (Å²) in [7, 11) is 0. The van der Waals surface area contributed by atoms with Gasteiger partial charge in [-0.2, -0.15) is 0 Å². The lowest BCUT2D eigenvalue weighted by Crippen LogP contribution is -2.49. The van der Waals surface area contributed by atoms with Crippen molar-refractivity contribution in [1.29, 1.82) is 0 Å². The number of aliphatic hydroxyl groups is 1. The molecule has 0 aromatic heterocycles. The van der Waals surface area contributed by atoms with Gasteiger partial charge in [-0.25, -0.2) is 4.79 Å². The van der Waals surface area contributed by atoms with Crippen molar-refractivity contribution in [2.24, 2.45) is 5.41 Å². The molecule has 0 spiro atoms. The Balaban J connectivity index is 4.17.